The van der Waals surface area contributed by atoms with Gasteiger partial charge in [0, 0.05) is 12.0 Å². The van der Waals surface area contributed by atoms with Crippen LogP contribution in [0.15, 0.2) is 42.5 Å². The van der Waals surface area contributed by atoms with Gasteiger partial charge in [-0.1, -0.05) is 76.4 Å². The Morgan fingerprint density at radius 3 is 2.40 bits per heavy atom. The lowest BCUT2D eigenvalue weighted by Gasteiger charge is -2.38. The first-order valence-electron chi connectivity index (χ1n) is 15.7. The van der Waals surface area contributed by atoms with E-state index in [1.165, 1.54) is 19.3 Å². The van der Waals surface area contributed by atoms with Gasteiger partial charge in [0.2, 0.25) is 0 Å². The minimum atomic E-state index is -0.669. The van der Waals surface area contributed by atoms with Crippen LogP contribution in [0, 0.1) is 32.6 Å². The number of Topliss-reactive ketones (excluding diaryl/α,β-unsaturated/α-hetero) is 1. The van der Waals surface area contributed by atoms with E-state index in [2.05, 4.69) is 59.8 Å². The van der Waals surface area contributed by atoms with Crippen LogP contribution >= 0.6 is 0 Å². The highest BCUT2D eigenvalue weighted by molar-refractivity contribution is 5.96. The molecular formula is C37H52O5. The SMILES string of the molecule is Cc1c(C)c2c(c(C)c1OCc1ccccc1)CC[C@@](C)(CC(=O)CC(=O)OC(C)C=CC[C@H](C)CCCC(C)C)O2. The molecule has 5 nitrogen and oxygen atoms in total. The molecular weight excluding hydrogens is 524 g/mol. The zero-order chi connectivity index (χ0) is 30.9. The Labute approximate surface area is 254 Å². The Kier molecular flexibility index (Phi) is 12.3. The molecule has 0 amide bonds. The van der Waals surface area contributed by atoms with Crippen LogP contribution in [0.2, 0.25) is 0 Å². The Morgan fingerprint density at radius 2 is 1.71 bits per heavy atom. The predicted molar refractivity (Wildman–Crippen MR) is 170 cm³/mol. The molecule has 0 saturated heterocycles. The molecule has 0 spiro atoms. The summed E-state index contributed by atoms with van der Waals surface area (Å²) in [5.41, 5.74) is 4.77. The van der Waals surface area contributed by atoms with Crippen LogP contribution in [0.1, 0.15) is 107 Å². The second kappa shape index (κ2) is 15.4. The zero-order valence-corrected chi connectivity index (χ0v) is 27.2. The zero-order valence-electron chi connectivity index (χ0n) is 27.2. The normalized spacial score (nSPS) is 17.9. The summed E-state index contributed by atoms with van der Waals surface area (Å²) in [6.07, 6.45) is 9.76. The van der Waals surface area contributed by atoms with Crippen molar-refractivity contribution in [2.75, 3.05) is 0 Å². The smallest absolute Gasteiger partial charge is 0.313 e. The largest absolute Gasteiger partial charge is 0.488 e. The van der Waals surface area contributed by atoms with Gasteiger partial charge in [-0.05, 0) is 94.0 Å². The number of ketones is 1. The molecule has 0 saturated carbocycles. The number of carbonyl (C=O) groups is 2. The van der Waals surface area contributed by atoms with Gasteiger partial charge in [0.05, 0.1) is 0 Å². The van der Waals surface area contributed by atoms with Gasteiger partial charge in [-0.3, -0.25) is 9.59 Å². The number of carbonyl (C=O) groups excluding carboxylic acids is 2. The molecule has 3 atom stereocenters. The molecule has 0 aliphatic carbocycles. The van der Waals surface area contributed by atoms with Crippen molar-refractivity contribution in [2.45, 2.75) is 125 Å². The van der Waals surface area contributed by atoms with Crippen LogP contribution in [0.5, 0.6) is 11.5 Å². The van der Waals surface area contributed by atoms with E-state index in [-0.39, 0.29) is 24.7 Å². The Hall–Kier alpha value is -3.08. The fourth-order valence-corrected chi connectivity index (χ4v) is 5.78. The molecule has 1 aliphatic heterocycles. The Morgan fingerprint density at radius 1 is 1.00 bits per heavy atom. The van der Waals surface area contributed by atoms with Crippen molar-refractivity contribution in [3.8, 4) is 11.5 Å². The van der Waals surface area contributed by atoms with E-state index in [0.717, 1.165) is 58.1 Å². The van der Waals surface area contributed by atoms with E-state index in [0.29, 0.717) is 18.9 Å². The molecule has 2 aromatic rings. The maximum Gasteiger partial charge on any atom is 0.313 e. The van der Waals surface area contributed by atoms with Crippen molar-refractivity contribution in [2.24, 2.45) is 11.8 Å². The van der Waals surface area contributed by atoms with Crippen molar-refractivity contribution < 1.29 is 23.8 Å². The molecule has 42 heavy (non-hydrogen) atoms. The molecule has 0 fully saturated rings. The Bertz CT molecular complexity index is 1230. The maximum absolute atomic E-state index is 12.9. The standard InChI is InChI=1S/C37H52O5/c1-25(2)14-12-15-26(3)16-13-17-27(4)41-34(39)22-32(38)23-37(8)21-20-33-30(7)35(28(5)29(6)36(33)42-37)40-24-31-18-10-9-11-19-31/h9-11,13,17-19,25-27H,12,14-16,20-24H2,1-8H3/t26-,27?,37+/m1/s1. The quantitative estimate of drug-likeness (QED) is 0.120. The number of rotatable bonds is 15. The molecule has 230 valence electrons. The third kappa shape index (κ3) is 9.74. The first-order valence-corrected chi connectivity index (χ1v) is 15.7. The molecule has 1 aliphatic rings. The van der Waals surface area contributed by atoms with Crippen molar-refractivity contribution in [1.82, 2.24) is 0 Å². The van der Waals surface area contributed by atoms with E-state index in [9.17, 15) is 9.59 Å². The number of hydrogen-bond acceptors (Lipinski definition) is 5. The lowest BCUT2D eigenvalue weighted by molar-refractivity contribution is -0.148. The van der Waals surface area contributed by atoms with Gasteiger partial charge in [-0.15, -0.1) is 0 Å². The summed E-state index contributed by atoms with van der Waals surface area (Å²) in [5, 5.41) is 0. The molecule has 3 rings (SSSR count). The highest BCUT2D eigenvalue weighted by atomic mass is 16.5. The molecule has 2 aromatic carbocycles. The van der Waals surface area contributed by atoms with Crippen molar-refractivity contribution in [3.05, 3.63) is 70.3 Å². The van der Waals surface area contributed by atoms with E-state index in [1.54, 1.807) is 0 Å². The van der Waals surface area contributed by atoms with E-state index < -0.39 is 11.6 Å². The van der Waals surface area contributed by atoms with Gasteiger partial charge in [-0.2, -0.15) is 0 Å². The van der Waals surface area contributed by atoms with Crippen molar-refractivity contribution in [3.63, 3.8) is 0 Å². The number of fused-ring (bicyclic) bond motifs is 1. The number of allylic oxidation sites excluding steroid dienone is 1. The van der Waals surface area contributed by atoms with Gasteiger partial charge >= 0.3 is 5.97 Å². The fraction of sp³-hybridized carbons (Fsp3) is 0.568. The molecule has 1 unspecified atom stereocenters. The lowest BCUT2D eigenvalue weighted by Crippen LogP contribution is -2.39. The minimum absolute atomic E-state index is 0.158. The fourth-order valence-electron chi connectivity index (χ4n) is 5.78. The summed E-state index contributed by atoms with van der Waals surface area (Å²) in [6.45, 7) is 17.3. The average molecular weight is 577 g/mol. The summed E-state index contributed by atoms with van der Waals surface area (Å²) in [4.78, 5) is 25.5. The van der Waals surface area contributed by atoms with Crippen LogP contribution in [-0.4, -0.2) is 23.5 Å². The van der Waals surface area contributed by atoms with Crippen molar-refractivity contribution >= 4 is 11.8 Å². The van der Waals surface area contributed by atoms with Crippen LogP contribution in [0.3, 0.4) is 0 Å². The summed E-state index contributed by atoms with van der Waals surface area (Å²) in [7, 11) is 0. The van der Waals surface area contributed by atoms with E-state index in [4.69, 9.17) is 14.2 Å². The van der Waals surface area contributed by atoms with Gasteiger partial charge in [0.1, 0.15) is 42.0 Å². The first kappa shape index (κ1) is 33.4. The minimum Gasteiger partial charge on any atom is -0.488 e. The monoisotopic (exact) mass is 576 g/mol. The molecule has 0 radical (unpaired) electrons. The number of ether oxygens (including phenoxy) is 3. The van der Waals surface area contributed by atoms with Gasteiger partial charge in [0.25, 0.3) is 0 Å². The van der Waals surface area contributed by atoms with Gasteiger partial charge < -0.3 is 14.2 Å². The lowest BCUT2D eigenvalue weighted by atomic mass is 9.84. The molecule has 0 aromatic heterocycles. The predicted octanol–water partition coefficient (Wildman–Crippen LogP) is 8.96. The third-order valence-electron chi connectivity index (χ3n) is 8.44. The summed E-state index contributed by atoms with van der Waals surface area (Å²) in [5.74, 6) is 2.47. The number of benzene rings is 2. The second-order valence-corrected chi connectivity index (χ2v) is 13.0. The summed E-state index contributed by atoms with van der Waals surface area (Å²) in [6, 6.07) is 10.2. The van der Waals surface area contributed by atoms with E-state index in [1.807, 2.05) is 38.1 Å². The van der Waals surface area contributed by atoms with Gasteiger partial charge in [-0.25, -0.2) is 0 Å². The average Bonchev–Trinajstić information content (AvgIpc) is 2.91. The third-order valence-corrected chi connectivity index (χ3v) is 8.44. The Balaban J connectivity index is 1.52. The summed E-state index contributed by atoms with van der Waals surface area (Å²) >= 11 is 0. The van der Waals surface area contributed by atoms with E-state index >= 15 is 0 Å². The molecule has 0 N–H and O–H groups in total. The highest BCUT2D eigenvalue weighted by Gasteiger charge is 2.37. The number of esters is 1. The maximum atomic E-state index is 12.9. The first-order chi connectivity index (χ1) is 19.9. The molecule has 0 bridgehead atoms. The van der Waals surface area contributed by atoms with Crippen LogP contribution in [-0.2, 0) is 27.4 Å². The van der Waals surface area contributed by atoms with Gasteiger partial charge in [0.15, 0.2) is 0 Å². The van der Waals surface area contributed by atoms with Crippen LogP contribution < -0.4 is 9.47 Å². The summed E-state index contributed by atoms with van der Waals surface area (Å²) < 4.78 is 18.3. The molecule has 1 heterocycles. The van der Waals surface area contributed by atoms with Crippen molar-refractivity contribution in [1.29, 1.82) is 0 Å². The van der Waals surface area contributed by atoms with Crippen LogP contribution in [0.25, 0.3) is 0 Å². The second-order valence-electron chi connectivity index (χ2n) is 13.0. The van der Waals surface area contributed by atoms with Crippen LogP contribution in [0.4, 0.5) is 0 Å². The molecule has 5 heteroatoms. The highest BCUT2D eigenvalue weighted by Crippen LogP contribution is 2.44. The number of hydrogen-bond donors (Lipinski definition) is 0. The topological polar surface area (TPSA) is 61.8 Å².